The van der Waals surface area contributed by atoms with Crippen molar-refractivity contribution in [2.45, 2.75) is 13.0 Å². The average Bonchev–Trinajstić information content (AvgIpc) is 3.20. The minimum atomic E-state index is -0.286. The number of fused-ring (bicyclic) bond motifs is 1. The largest absolute Gasteiger partial charge is 0.349 e. The zero-order valence-electron chi connectivity index (χ0n) is 14.8. The molecule has 0 bridgehead atoms. The van der Waals surface area contributed by atoms with E-state index in [1.165, 1.54) is 12.1 Å². The van der Waals surface area contributed by atoms with Gasteiger partial charge >= 0.3 is 0 Å². The van der Waals surface area contributed by atoms with Crippen LogP contribution in [0.3, 0.4) is 0 Å². The van der Waals surface area contributed by atoms with Crippen LogP contribution in [-0.2, 0) is 4.79 Å². The second kappa shape index (κ2) is 8.86. The third-order valence-electron chi connectivity index (χ3n) is 4.20. The van der Waals surface area contributed by atoms with Crippen LogP contribution in [0.5, 0.6) is 0 Å². The number of hydrogen-bond acceptors (Lipinski definition) is 4. The van der Waals surface area contributed by atoms with Crippen LogP contribution in [-0.4, -0.2) is 21.8 Å². The highest BCUT2D eigenvalue weighted by molar-refractivity contribution is 6.14. The predicted octanol–water partition coefficient (Wildman–Crippen LogP) is 3.72. The van der Waals surface area contributed by atoms with E-state index in [4.69, 9.17) is 0 Å². The molecule has 1 unspecified atom stereocenters. The summed E-state index contributed by atoms with van der Waals surface area (Å²) in [5.74, 6) is -0.195. The van der Waals surface area contributed by atoms with E-state index in [0.717, 1.165) is 22.2 Å². The molecule has 146 valence electrons. The molecule has 1 atom stereocenters. The molecule has 0 saturated heterocycles. The topological polar surface area (TPSA) is 82.2 Å². The maximum atomic E-state index is 13.0. The number of aromatic amines is 1. The number of amides is 1. The highest BCUT2D eigenvalue weighted by atomic mass is 35.5. The molecule has 0 radical (unpaired) electrons. The Morgan fingerprint density at radius 2 is 1.93 bits per heavy atom. The molecular formula is C19H18Cl2FN5O. The van der Waals surface area contributed by atoms with Crippen LogP contribution < -0.4 is 10.6 Å². The number of pyridine rings is 1. The fourth-order valence-corrected chi connectivity index (χ4v) is 2.82. The van der Waals surface area contributed by atoms with Crippen LogP contribution in [0.4, 0.5) is 4.39 Å². The minimum absolute atomic E-state index is 0. The summed E-state index contributed by atoms with van der Waals surface area (Å²) in [7, 11) is 0. The Morgan fingerprint density at radius 1 is 1.18 bits per heavy atom. The zero-order chi connectivity index (χ0) is 18.1. The number of nitrogens with one attached hydrogen (secondary N) is 3. The van der Waals surface area contributed by atoms with Crippen molar-refractivity contribution >= 4 is 53.8 Å². The number of guanidine groups is 1. The van der Waals surface area contributed by atoms with E-state index in [0.29, 0.717) is 11.7 Å². The Labute approximate surface area is 173 Å². The fourth-order valence-electron chi connectivity index (χ4n) is 2.82. The molecule has 4 rings (SSSR count). The quantitative estimate of drug-likeness (QED) is 0.563. The number of carbonyl (C=O) groups excluding carboxylic acids is 1. The smallest absolute Gasteiger partial charge is 0.276 e. The van der Waals surface area contributed by atoms with Gasteiger partial charge in [0.1, 0.15) is 17.2 Å². The molecule has 1 aromatic carbocycles. The number of aromatic nitrogens is 2. The lowest BCUT2D eigenvalue weighted by Crippen LogP contribution is -2.37. The van der Waals surface area contributed by atoms with Crippen LogP contribution in [0.2, 0.25) is 0 Å². The third-order valence-corrected chi connectivity index (χ3v) is 4.20. The minimum Gasteiger partial charge on any atom is -0.349 e. The van der Waals surface area contributed by atoms with E-state index in [-0.39, 0.29) is 42.6 Å². The van der Waals surface area contributed by atoms with Gasteiger partial charge in [-0.25, -0.2) is 14.4 Å². The highest BCUT2D eigenvalue weighted by Gasteiger charge is 2.22. The van der Waals surface area contributed by atoms with Crippen LogP contribution in [0, 0.1) is 5.82 Å². The van der Waals surface area contributed by atoms with E-state index in [1.54, 1.807) is 30.6 Å². The maximum absolute atomic E-state index is 13.0. The van der Waals surface area contributed by atoms with Crippen molar-refractivity contribution in [2.24, 2.45) is 4.99 Å². The molecule has 0 aliphatic carbocycles. The van der Waals surface area contributed by atoms with E-state index in [1.807, 2.05) is 19.1 Å². The molecule has 1 aliphatic heterocycles. The Hall–Kier alpha value is -2.90. The van der Waals surface area contributed by atoms with Crippen molar-refractivity contribution in [3.63, 3.8) is 0 Å². The van der Waals surface area contributed by atoms with E-state index < -0.39 is 0 Å². The van der Waals surface area contributed by atoms with E-state index in [2.05, 4.69) is 25.6 Å². The van der Waals surface area contributed by atoms with Crippen molar-refractivity contribution < 1.29 is 9.18 Å². The van der Waals surface area contributed by atoms with Gasteiger partial charge < -0.3 is 10.3 Å². The van der Waals surface area contributed by atoms with Gasteiger partial charge in [-0.2, -0.15) is 0 Å². The molecular weight excluding hydrogens is 404 g/mol. The van der Waals surface area contributed by atoms with E-state index in [9.17, 15) is 9.18 Å². The monoisotopic (exact) mass is 421 g/mol. The van der Waals surface area contributed by atoms with Crippen LogP contribution in [0.1, 0.15) is 24.1 Å². The van der Waals surface area contributed by atoms with Gasteiger partial charge in [0.2, 0.25) is 5.96 Å². The Kier molecular flexibility index (Phi) is 6.77. The lowest BCUT2D eigenvalue weighted by molar-refractivity contribution is -0.115. The van der Waals surface area contributed by atoms with Gasteiger partial charge in [-0.3, -0.25) is 10.1 Å². The summed E-state index contributed by atoms with van der Waals surface area (Å²) < 4.78 is 13.0. The Bertz CT molecular complexity index is 1050. The fraction of sp³-hybridized carbons (Fsp3) is 0.105. The maximum Gasteiger partial charge on any atom is 0.276 e. The number of H-pyrrole nitrogens is 1. The molecule has 9 heteroatoms. The average molecular weight is 422 g/mol. The number of benzene rings is 1. The second-order valence-electron chi connectivity index (χ2n) is 6.01. The predicted molar refractivity (Wildman–Crippen MR) is 112 cm³/mol. The number of carbonyl (C=O) groups is 1. The van der Waals surface area contributed by atoms with Gasteiger partial charge in [0, 0.05) is 23.3 Å². The summed E-state index contributed by atoms with van der Waals surface area (Å²) in [6, 6.07) is 9.83. The molecule has 0 spiro atoms. The van der Waals surface area contributed by atoms with Crippen molar-refractivity contribution in [1.82, 2.24) is 20.6 Å². The second-order valence-corrected chi connectivity index (χ2v) is 6.01. The molecule has 2 aromatic heterocycles. The Balaban J connectivity index is 0.00000140. The summed E-state index contributed by atoms with van der Waals surface area (Å²) in [6.07, 6.45) is 5.21. The molecule has 3 heterocycles. The first-order valence-electron chi connectivity index (χ1n) is 8.16. The SMILES string of the molecule is CC(NC1=N/C(=C\c2c[nH]c3ncccc23)C(=O)N1)c1ccc(F)cc1.Cl.Cl. The number of hydrogen-bond donors (Lipinski definition) is 3. The number of rotatable bonds is 3. The first kappa shape index (κ1) is 21.4. The highest BCUT2D eigenvalue weighted by Crippen LogP contribution is 2.20. The van der Waals surface area contributed by atoms with Gasteiger partial charge in [0.25, 0.3) is 5.91 Å². The molecule has 0 saturated carbocycles. The summed E-state index contributed by atoms with van der Waals surface area (Å²) in [6.45, 7) is 1.91. The first-order chi connectivity index (χ1) is 12.6. The molecule has 0 fully saturated rings. The van der Waals surface area contributed by atoms with Gasteiger partial charge in [0.05, 0.1) is 6.04 Å². The molecule has 6 nitrogen and oxygen atoms in total. The van der Waals surface area contributed by atoms with Crippen LogP contribution in [0.25, 0.3) is 17.1 Å². The van der Waals surface area contributed by atoms with Gasteiger partial charge in [-0.15, -0.1) is 24.8 Å². The standard InChI is InChI=1S/C19H16FN5O.2ClH/c1-11(12-4-6-14(20)7-5-12)23-19-24-16(18(26)25-19)9-13-10-22-17-15(13)3-2-8-21-17;;/h2-11H,1H3,(H,21,22)(H2,23,24,25,26);2*1H/b16-9-;;. The van der Waals surface area contributed by atoms with Gasteiger partial charge in [-0.05, 0) is 42.8 Å². The van der Waals surface area contributed by atoms with Crippen molar-refractivity contribution in [1.29, 1.82) is 0 Å². The number of aliphatic imine (C=N–C) groups is 1. The lowest BCUT2D eigenvalue weighted by Gasteiger charge is -2.14. The van der Waals surface area contributed by atoms with Crippen molar-refractivity contribution in [3.8, 4) is 0 Å². The third kappa shape index (κ3) is 4.32. The zero-order valence-corrected chi connectivity index (χ0v) is 16.4. The molecule has 1 amide bonds. The number of nitrogens with zero attached hydrogens (tertiary/aromatic N) is 2. The molecule has 1 aliphatic rings. The van der Waals surface area contributed by atoms with E-state index >= 15 is 0 Å². The summed E-state index contributed by atoms with van der Waals surface area (Å²) >= 11 is 0. The molecule has 28 heavy (non-hydrogen) atoms. The number of halogens is 3. The normalized spacial score (nSPS) is 15.4. The van der Waals surface area contributed by atoms with Gasteiger partial charge in [-0.1, -0.05) is 12.1 Å². The Morgan fingerprint density at radius 3 is 2.68 bits per heavy atom. The van der Waals surface area contributed by atoms with Gasteiger partial charge in [0.15, 0.2) is 0 Å². The molecule has 3 aromatic rings. The summed E-state index contributed by atoms with van der Waals surface area (Å²) in [5.41, 5.74) is 2.80. The summed E-state index contributed by atoms with van der Waals surface area (Å²) in [4.78, 5) is 23.8. The lowest BCUT2D eigenvalue weighted by atomic mass is 10.1. The molecule has 3 N–H and O–H groups in total. The van der Waals surface area contributed by atoms with Crippen LogP contribution in [0.15, 0.2) is 59.5 Å². The van der Waals surface area contributed by atoms with Crippen LogP contribution >= 0.6 is 24.8 Å². The van der Waals surface area contributed by atoms with Crippen molar-refractivity contribution in [2.75, 3.05) is 0 Å². The summed E-state index contributed by atoms with van der Waals surface area (Å²) in [5, 5.41) is 6.76. The first-order valence-corrected chi connectivity index (χ1v) is 8.16. The van der Waals surface area contributed by atoms with Crippen molar-refractivity contribution in [3.05, 3.63) is 71.4 Å².